The summed E-state index contributed by atoms with van der Waals surface area (Å²) >= 11 is 0. The summed E-state index contributed by atoms with van der Waals surface area (Å²) in [5.74, 6) is 0.953. The van der Waals surface area contributed by atoms with Crippen molar-refractivity contribution in [2.45, 2.75) is 38.5 Å². The van der Waals surface area contributed by atoms with Gasteiger partial charge in [0, 0.05) is 22.1 Å². The van der Waals surface area contributed by atoms with E-state index in [9.17, 15) is 0 Å². The Labute approximate surface area is 343 Å². The molecule has 59 heavy (non-hydrogen) atoms. The zero-order valence-corrected chi connectivity index (χ0v) is 33.6. The molecule has 0 N–H and O–H groups in total. The van der Waals surface area contributed by atoms with Crippen LogP contribution in [0.5, 0.6) is 0 Å². The van der Waals surface area contributed by atoms with E-state index in [1.807, 2.05) is 0 Å². The summed E-state index contributed by atoms with van der Waals surface area (Å²) in [5, 5.41) is 10.5. The predicted molar refractivity (Wildman–Crippen MR) is 248 cm³/mol. The van der Waals surface area contributed by atoms with Crippen LogP contribution in [0.4, 0.5) is 0 Å². The minimum absolute atomic E-state index is 0.126. The second kappa shape index (κ2) is 11.3. The fourth-order valence-electron chi connectivity index (χ4n) is 11.2. The van der Waals surface area contributed by atoms with E-state index >= 15 is 0 Å². The number of nitrogens with zero attached hydrogens (tertiary/aromatic N) is 2. The highest BCUT2D eigenvalue weighted by atomic mass is 15.1. The van der Waals surface area contributed by atoms with Gasteiger partial charge in [-0.05, 0) is 153 Å². The van der Waals surface area contributed by atoms with Gasteiger partial charge >= 0.3 is 0 Å². The predicted octanol–water partition coefficient (Wildman–Crippen LogP) is 15.0. The molecule has 0 amide bonds. The molecule has 0 spiro atoms. The Morgan fingerprint density at radius 3 is 1.86 bits per heavy atom. The maximum Gasteiger partial charge on any atom is 0.146 e. The number of imidazole rings is 1. The first-order valence-electron chi connectivity index (χ1n) is 20.9. The average molecular weight is 753 g/mol. The highest BCUT2D eigenvalue weighted by Gasteiger charge is 2.42. The van der Waals surface area contributed by atoms with E-state index in [-0.39, 0.29) is 10.8 Å². The van der Waals surface area contributed by atoms with Gasteiger partial charge in [-0.25, -0.2) is 4.98 Å². The Kier molecular flexibility index (Phi) is 6.34. The second-order valence-corrected chi connectivity index (χ2v) is 17.9. The molecule has 0 fully saturated rings. The Bertz CT molecular complexity index is 3580. The zero-order valence-electron chi connectivity index (χ0n) is 33.6. The minimum Gasteiger partial charge on any atom is -0.292 e. The molecule has 0 atom stereocenters. The maximum absolute atomic E-state index is 5.25. The minimum atomic E-state index is -0.178. The lowest BCUT2D eigenvalue weighted by Gasteiger charge is -2.24. The number of rotatable bonds is 3. The van der Waals surface area contributed by atoms with Crippen molar-refractivity contribution in [1.82, 2.24) is 9.55 Å². The lowest BCUT2D eigenvalue weighted by atomic mass is 9.79. The molecule has 2 nitrogen and oxygen atoms in total. The lowest BCUT2D eigenvalue weighted by molar-refractivity contribution is 0.652. The summed E-state index contributed by atoms with van der Waals surface area (Å²) in [6, 6.07) is 63.4. The molecule has 0 radical (unpaired) electrons. The van der Waals surface area contributed by atoms with Gasteiger partial charge in [0.2, 0.25) is 0 Å². The van der Waals surface area contributed by atoms with Crippen molar-refractivity contribution in [3.8, 4) is 50.5 Å². The Morgan fingerprint density at radius 2 is 1.03 bits per heavy atom. The standard InChI is InChI=1S/C57H40N2/c1-56(2)46-29-35(38-27-28-42(40-18-9-8-17-39(38)40)55-58-50-19-10-11-20-51(50)59(55)37-15-6-5-7-16-37)24-25-41(46)44-31-48-45(32-47(44)56)54-43-26-23-34-14-12-13-33-21-22-36(53(43)52(33)34)30-49(54)57(48,3)4/h5-32H,1-4H3. The smallest absolute Gasteiger partial charge is 0.146 e. The van der Waals surface area contributed by atoms with Crippen LogP contribution in [0.2, 0.25) is 0 Å². The first-order chi connectivity index (χ1) is 28.8. The van der Waals surface area contributed by atoms with Crippen molar-refractivity contribution in [3.63, 3.8) is 0 Å². The van der Waals surface area contributed by atoms with Crippen LogP contribution in [0.15, 0.2) is 170 Å². The quantitative estimate of drug-likeness (QED) is 0.164. The van der Waals surface area contributed by atoms with Gasteiger partial charge in [0.1, 0.15) is 5.82 Å². The van der Waals surface area contributed by atoms with E-state index in [0.717, 1.165) is 28.1 Å². The van der Waals surface area contributed by atoms with Gasteiger partial charge in [-0.1, -0.05) is 143 Å². The summed E-state index contributed by atoms with van der Waals surface area (Å²) in [6.07, 6.45) is 0. The molecule has 10 aromatic carbocycles. The van der Waals surface area contributed by atoms with Crippen LogP contribution in [0.3, 0.4) is 0 Å². The van der Waals surface area contributed by atoms with Crippen molar-refractivity contribution < 1.29 is 0 Å². The molecule has 278 valence electrons. The van der Waals surface area contributed by atoms with Crippen molar-refractivity contribution in [1.29, 1.82) is 0 Å². The molecular formula is C57H40N2. The van der Waals surface area contributed by atoms with Crippen LogP contribution in [0.25, 0.3) is 105 Å². The highest BCUT2D eigenvalue weighted by molar-refractivity contribution is 6.26. The topological polar surface area (TPSA) is 17.8 Å². The largest absolute Gasteiger partial charge is 0.292 e. The van der Waals surface area contributed by atoms with Crippen LogP contribution in [-0.4, -0.2) is 9.55 Å². The third-order valence-electron chi connectivity index (χ3n) is 14.1. The van der Waals surface area contributed by atoms with Gasteiger partial charge in [-0.2, -0.15) is 0 Å². The third-order valence-corrected chi connectivity index (χ3v) is 14.1. The molecule has 0 aliphatic heterocycles. The number of hydrogen-bond donors (Lipinski definition) is 0. The Balaban J connectivity index is 0.968. The van der Waals surface area contributed by atoms with Gasteiger partial charge < -0.3 is 0 Å². The SMILES string of the molecule is CC1(C)c2cc(-c3ccc(-c4nc5ccccc5n4-c4ccccc4)c4ccccc34)ccc2-c2cc3c(cc21)-c1c(cc2ccc4cccc5ccc1c2c45)C3(C)C. The normalized spacial score (nSPS) is 14.7. The van der Waals surface area contributed by atoms with Gasteiger partial charge in [0.15, 0.2) is 0 Å². The Morgan fingerprint density at radius 1 is 0.407 bits per heavy atom. The molecule has 2 aliphatic rings. The fraction of sp³-hybridized carbons (Fsp3) is 0.105. The van der Waals surface area contributed by atoms with E-state index in [4.69, 9.17) is 4.98 Å². The van der Waals surface area contributed by atoms with E-state index in [2.05, 4.69) is 202 Å². The van der Waals surface area contributed by atoms with Crippen molar-refractivity contribution in [2.24, 2.45) is 0 Å². The zero-order chi connectivity index (χ0) is 39.4. The average Bonchev–Trinajstić information content (AvgIpc) is 3.84. The van der Waals surface area contributed by atoms with Crippen LogP contribution in [-0.2, 0) is 10.8 Å². The summed E-state index contributed by atoms with van der Waals surface area (Å²) in [6.45, 7) is 9.70. The molecule has 1 aromatic heterocycles. The fourth-order valence-corrected chi connectivity index (χ4v) is 11.2. The summed E-state index contributed by atoms with van der Waals surface area (Å²) < 4.78 is 2.30. The first-order valence-corrected chi connectivity index (χ1v) is 20.9. The van der Waals surface area contributed by atoms with E-state index in [1.165, 1.54) is 98.7 Å². The second-order valence-electron chi connectivity index (χ2n) is 17.9. The van der Waals surface area contributed by atoms with E-state index < -0.39 is 0 Å². The van der Waals surface area contributed by atoms with Crippen molar-refractivity contribution in [3.05, 3.63) is 192 Å². The van der Waals surface area contributed by atoms with Crippen molar-refractivity contribution >= 4 is 54.1 Å². The molecule has 0 bridgehead atoms. The first kappa shape index (κ1) is 33.0. The van der Waals surface area contributed by atoms with Crippen LogP contribution >= 0.6 is 0 Å². The molecule has 2 aliphatic carbocycles. The third kappa shape index (κ3) is 4.28. The van der Waals surface area contributed by atoms with Crippen LogP contribution < -0.4 is 0 Å². The summed E-state index contributed by atoms with van der Waals surface area (Å²) in [5.41, 5.74) is 17.7. The molecular weight excluding hydrogens is 713 g/mol. The van der Waals surface area contributed by atoms with Crippen molar-refractivity contribution in [2.75, 3.05) is 0 Å². The summed E-state index contributed by atoms with van der Waals surface area (Å²) in [4.78, 5) is 5.25. The Hall–Kier alpha value is -7.03. The highest BCUT2D eigenvalue weighted by Crippen LogP contribution is 2.58. The molecule has 13 rings (SSSR count). The molecule has 0 saturated heterocycles. The molecule has 1 heterocycles. The van der Waals surface area contributed by atoms with Crippen LogP contribution in [0, 0.1) is 0 Å². The maximum atomic E-state index is 5.25. The number of fused-ring (bicyclic) bond motifs is 9. The lowest BCUT2D eigenvalue weighted by Crippen LogP contribution is -2.17. The number of para-hydroxylation sites is 3. The molecule has 2 heteroatoms. The number of hydrogen-bond acceptors (Lipinski definition) is 1. The van der Waals surface area contributed by atoms with E-state index in [0.29, 0.717) is 0 Å². The van der Waals surface area contributed by atoms with E-state index in [1.54, 1.807) is 0 Å². The van der Waals surface area contributed by atoms with Gasteiger partial charge in [0.25, 0.3) is 0 Å². The van der Waals surface area contributed by atoms with Gasteiger partial charge in [0.05, 0.1) is 11.0 Å². The monoisotopic (exact) mass is 752 g/mol. The van der Waals surface area contributed by atoms with Gasteiger partial charge in [-0.3, -0.25) is 4.57 Å². The number of aromatic nitrogens is 2. The number of benzene rings is 10. The molecule has 0 saturated carbocycles. The van der Waals surface area contributed by atoms with Crippen LogP contribution in [0.1, 0.15) is 49.9 Å². The molecule has 11 aromatic rings. The van der Waals surface area contributed by atoms with Gasteiger partial charge in [-0.15, -0.1) is 0 Å². The summed E-state index contributed by atoms with van der Waals surface area (Å²) in [7, 11) is 0. The molecule has 0 unspecified atom stereocenters.